The summed E-state index contributed by atoms with van der Waals surface area (Å²) in [6.07, 6.45) is -2.75. The molecule has 0 aliphatic heterocycles. The molecular weight excluding hydrogens is 357 g/mol. The summed E-state index contributed by atoms with van der Waals surface area (Å²) in [6.45, 7) is 0. The topological polar surface area (TPSA) is 52.2 Å². The minimum Gasteiger partial charge on any atom is -0.268 e. The van der Waals surface area contributed by atoms with Crippen LogP contribution in [0.3, 0.4) is 0 Å². The summed E-state index contributed by atoms with van der Waals surface area (Å²) in [6, 6.07) is 13.3. The van der Waals surface area contributed by atoms with Crippen LogP contribution in [0.4, 0.5) is 13.2 Å². The highest BCUT2D eigenvalue weighted by molar-refractivity contribution is 5.90. The van der Waals surface area contributed by atoms with Gasteiger partial charge < -0.3 is 0 Å². The lowest BCUT2D eigenvalue weighted by Crippen LogP contribution is -2.18. The van der Waals surface area contributed by atoms with Crippen LogP contribution in [-0.2, 0) is 13.2 Å². The van der Waals surface area contributed by atoms with E-state index in [0.29, 0.717) is 28.0 Å². The number of aryl methyl sites for hydroxylation is 1. The minimum absolute atomic E-state index is 0.282. The van der Waals surface area contributed by atoms with Gasteiger partial charge in [-0.3, -0.25) is 4.79 Å². The SMILES string of the molecule is Cn1nc(-c2c(-c3cccc(C(F)(F)F)c3)nn3ccccc23)ccc1=O. The van der Waals surface area contributed by atoms with E-state index in [-0.39, 0.29) is 5.56 Å². The van der Waals surface area contributed by atoms with E-state index in [1.165, 1.54) is 23.9 Å². The van der Waals surface area contributed by atoms with Gasteiger partial charge in [0.15, 0.2) is 0 Å². The number of aromatic nitrogens is 4. The predicted molar refractivity (Wildman–Crippen MR) is 94.1 cm³/mol. The maximum atomic E-state index is 13.1. The van der Waals surface area contributed by atoms with Crippen LogP contribution in [0.25, 0.3) is 28.0 Å². The first kappa shape index (κ1) is 17.0. The van der Waals surface area contributed by atoms with Gasteiger partial charge in [-0.2, -0.15) is 23.4 Å². The van der Waals surface area contributed by atoms with Crippen molar-refractivity contribution in [2.24, 2.45) is 7.05 Å². The van der Waals surface area contributed by atoms with E-state index in [2.05, 4.69) is 10.2 Å². The van der Waals surface area contributed by atoms with Crippen molar-refractivity contribution in [3.8, 4) is 22.5 Å². The Kier molecular flexibility index (Phi) is 3.83. The van der Waals surface area contributed by atoms with E-state index in [9.17, 15) is 18.0 Å². The van der Waals surface area contributed by atoms with Gasteiger partial charge in [-0.1, -0.05) is 18.2 Å². The molecule has 1 aromatic carbocycles. The lowest BCUT2D eigenvalue weighted by molar-refractivity contribution is -0.137. The Morgan fingerprint density at radius 2 is 1.78 bits per heavy atom. The summed E-state index contributed by atoms with van der Waals surface area (Å²) in [5.74, 6) is 0. The highest BCUT2D eigenvalue weighted by atomic mass is 19.4. The number of hydrogen-bond donors (Lipinski definition) is 0. The number of fused-ring (bicyclic) bond motifs is 1. The van der Waals surface area contributed by atoms with Gasteiger partial charge in [-0.15, -0.1) is 0 Å². The zero-order valence-corrected chi connectivity index (χ0v) is 14.1. The van der Waals surface area contributed by atoms with Gasteiger partial charge in [0.1, 0.15) is 5.69 Å². The van der Waals surface area contributed by atoms with Crippen molar-refractivity contribution in [1.82, 2.24) is 19.4 Å². The quantitative estimate of drug-likeness (QED) is 0.540. The number of halogens is 3. The maximum Gasteiger partial charge on any atom is 0.416 e. The van der Waals surface area contributed by atoms with E-state index >= 15 is 0 Å². The third kappa shape index (κ3) is 2.99. The molecule has 0 aliphatic carbocycles. The first-order chi connectivity index (χ1) is 12.8. The number of nitrogens with zero attached hydrogens (tertiary/aromatic N) is 4. The van der Waals surface area contributed by atoms with Crippen molar-refractivity contribution in [2.75, 3.05) is 0 Å². The lowest BCUT2D eigenvalue weighted by Gasteiger charge is -2.09. The molecule has 0 unspecified atom stereocenters. The molecule has 4 aromatic rings. The molecule has 3 heterocycles. The standard InChI is InChI=1S/C19H13F3N4O/c1-25-16(27)9-8-14(23-25)17-15-7-2-3-10-26(15)24-18(17)12-5-4-6-13(11-12)19(20,21)22/h2-11H,1H3. The fraction of sp³-hybridized carbons (Fsp3) is 0.105. The predicted octanol–water partition coefficient (Wildman–Crippen LogP) is 3.78. The number of rotatable bonds is 2. The van der Waals surface area contributed by atoms with Gasteiger partial charge in [-0.05, 0) is 30.3 Å². The first-order valence-corrected chi connectivity index (χ1v) is 8.04. The molecule has 0 amide bonds. The Labute approximate surface area is 151 Å². The molecule has 0 atom stereocenters. The highest BCUT2D eigenvalue weighted by Crippen LogP contribution is 2.36. The summed E-state index contributed by atoms with van der Waals surface area (Å²) in [7, 11) is 1.52. The Morgan fingerprint density at radius 1 is 0.963 bits per heavy atom. The second kappa shape index (κ2) is 6.08. The molecule has 0 radical (unpaired) electrons. The zero-order valence-electron chi connectivity index (χ0n) is 14.1. The van der Waals surface area contributed by atoms with Crippen LogP contribution in [0.2, 0.25) is 0 Å². The number of hydrogen-bond acceptors (Lipinski definition) is 3. The number of pyridine rings is 1. The summed E-state index contributed by atoms with van der Waals surface area (Å²) in [5, 5.41) is 8.71. The molecule has 3 aromatic heterocycles. The third-order valence-electron chi connectivity index (χ3n) is 4.22. The van der Waals surface area contributed by atoms with Crippen LogP contribution in [0.5, 0.6) is 0 Å². The molecule has 4 rings (SSSR count). The van der Waals surface area contributed by atoms with Gasteiger partial charge in [0, 0.05) is 24.9 Å². The molecule has 0 aliphatic rings. The molecule has 0 spiro atoms. The van der Waals surface area contributed by atoms with Crippen LogP contribution >= 0.6 is 0 Å². The number of benzene rings is 1. The average Bonchev–Trinajstić information content (AvgIpc) is 3.03. The summed E-state index contributed by atoms with van der Waals surface area (Å²) in [5.41, 5.74) is 1.33. The molecule has 136 valence electrons. The fourth-order valence-corrected chi connectivity index (χ4v) is 2.93. The second-order valence-corrected chi connectivity index (χ2v) is 6.01. The smallest absolute Gasteiger partial charge is 0.268 e. The van der Waals surface area contributed by atoms with Gasteiger partial charge >= 0.3 is 6.18 Å². The molecule has 27 heavy (non-hydrogen) atoms. The van der Waals surface area contributed by atoms with Gasteiger partial charge in [0.05, 0.1) is 22.3 Å². The third-order valence-corrected chi connectivity index (χ3v) is 4.22. The van der Waals surface area contributed by atoms with Gasteiger partial charge in [0.25, 0.3) is 5.56 Å². The average molecular weight is 370 g/mol. The Balaban J connectivity index is 2.02. The van der Waals surface area contributed by atoms with Crippen molar-refractivity contribution in [3.63, 3.8) is 0 Å². The van der Waals surface area contributed by atoms with Crippen molar-refractivity contribution in [3.05, 3.63) is 76.7 Å². The van der Waals surface area contributed by atoms with E-state index in [1.54, 1.807) is 41.0 Å². The van der Waals surface area contributed by atoms with Gasteiger partial charge in [0.2, 0.25) is 0 Å². The van der Waals surface area contributed by atoms with Crippen LogP contribution in [0.1, 0.15) is 5.56 Å². The van der Waals surface area contributed by atoms with Crippen molar-refractivity contribution in [1.29, 1.82) is 0 Å². The zero-order chi connectivity index (χ0) is 19.2. The molecule has 8 heteroatoms. The Hall–Kier alpha value is -3.42. The normalized spacial score (nSPS) is 11.9. The van der Waals surface area contributed by atoms with Crippen molar-refractivity contribution in [2.45, 2.75) is 6.18 Å². The molecule has 0 saturated heterocycles. The fourth-order valence-electron chi connectivity index (χ4n) is 2.93. The molecule has 0 saturated carbocycles. The maximum absolute atomic E-state index is 13.1. The Morgan fingerprint density at radius 3 is 2.52 bits per heavy atom. The molecular formula is C19H13F3N4O. The van der Waals surface area contributed by atoms with Crippen LogP contribution in [-0.4, -0.2) is 19.4 Å². The second-order valence-electron chi connectivity index (χ2n) is 6.01. The summed E-state index contributed by atoms with van der Waals surface area (Å²) in [4.78, 5) is 11.7. The molecule has 0 bridgehead atoms. The van der Waals surface area contributed by atoms with Crippen LogP contribution in [0.15, 0.2) is 65.6 Å². The lowest BCUT2D eigenvalue weighted by atomic mass is 10.0. The number of alkyl halides is 3. The van der Waals surface area contributed by atoms with E-state index in [4.69, 9.17) is 0 Å². The first-order valence-electron chi connectivity index (χ1n) is 8.04. The Bertz CT molecular complexity index is 1210. The van der Waals surface area contributed by atoms with E-state index in [0.717, 1.165) is 12.1 Å². The molecule has 5 nitrogen and oxygen atoms in total. The summed E-state index contributed by atoms with van der Waals surface area (Å²) >= 11 is 0. The van der Waals surface area contributed by atoms with E-state index < -0.39 is 11.7 Å². The van der Waals surface area contributed by atoms with Crippen molar-refractivity contribution < 1.29 is 13.2 Å². The highest BCUT2D eigenvalue weighted by Gasteiger charge is 2.31. The summed E-state index contributed by atoms with van der Waals surface area (Å²) < 4.78 is 42.2. The minimum atomic E-state index is -4.45. The largest absolute Gasteiger partial charge is 0.416 e. The monoisotopic (exact) mass is 370 g/mol. The van der Waals surface area contributed by atoms with Gasteiger partial charge in [-0.25, -0.2) is 9.20 Å². The van der Waals surface area contributed by atoms with Crippen LogP contribution in [0, 0.1) is 0 Å². The van der Waals surface area contributed by atoms with Crippen molar-refractivity contribution >= 4 is 5.52 Å². The van der Waals surface area contributed by atoms with Crippen LogP contribution < -0.4 is 5.56 Å². The molecule has 0 fully saturated rings. The molecule has 0 N–H and O–H groups in total. The van der Waals surface area contributed by atoms with E-state index in [1.807, 2.05) is 0 Å².